The molecule has 1 atom stereocenters. The highest BCUT2D eigenvalue weighted by Gasteiger charge is 2.46. The van der Waals surface area contributed by atoms with Crippen LogP contribution in [-0.2, 0) is 9.53 Å². The topological polar surface area (TPSA) is 49.8 Å². The summed E-state index contributed by atoms with van der Waals surface area (Å²) >= 11 is 0. The summed E-state index contributed by atoms with van der Waals surface area (Å²) in [6.07, 6.45) is 7.77. The minimum atomic E-state index is -0.860. The number of carboxylic acids is 1. The van der Waals surface area contributed by atoms with Gasteiger partial charge in [-0.3, -0.25) is 0 Å². The van der Waals surface area contributed by atoms with Crippen LogP contribution in [0.25, 0.3) is 0 Å². The molecule has 0 aromatic heterocycles. The van der Waals surface area contributed by atoms with Crippen LogP contribution in [0.3, 0.4) is 0 Å². The summed E-state index contributed by atoms with van der Waals surface area (Å²) in [4.78, 5) is 10.4. The highest BCUT2D eigenvalue weighted by atomic mass is 16.6. The summed E-state index contributed by atoms with van der Waals surface area (Å²) in [5.41, 5.74) is 2.36. The molecule has 1 heterocycles. The average molecular weight is 252 g/mol. The average Bonchev–Trinajstić information content (AvgIpc) is 2.82. The second-order valence-corrected chi connectivity index (χ2v) is 5.67. The maximum atomic E-state index is 10.4. The van der Waals surface area contributed by atoms with Gasteiger partial charge in [0, 0.05) is 6.08 Å². The standard InChI is InChI=1S/C15H24O3/c1-11(8-9-13-15(3,4)18-13)6-5-7-12(2)10-14(16)17/h6,10,13H,5,7-9H2,1-4H3,(H,16,17)/b11-6+,12-10+. The van der Waals surface area contributed by atoms with Crippen LogP contribution >= 0.6 is 0 Å². The van der Waals surface area contributed by atoms with Crippen LogP contribution in [0.2, 0.25) is 0 Å². The van der Waals surface area contributed by atoms with E-state index in [0.29, 0.717) is 6.10 Å². The van der Waals surface area contributed by atoms with Crippen molar-refractivity contribution in [3.63, 3.8) is 0 Å². The first-order chi connectivity index (χ1) is 8.31. The molecule has 0 aliphatic carbocycles. The molecule has 1 rings (SSSR count). The Hall–Kier alpha value is -1.09. The zero-order chi connectivity index (χ0) is 13.8. The fourth-order valence-corrected chi connectivity index (χ4v) is 2.03. The maximum Gasteiger partial charge on any atom is 0.328 e. The van der Waals surface area contributed by atoms with Gasteiger partial charge in [-0.1, -0.05) is 17.2 Å². The molecule has 0 amide bonds. The van der Waals surface area contributed by atoms with Crippen LogP contribution in [0.5, 0.6) is 0 Å². The Bertz CT molecular complexity index is 364. The van der Waals surface area contributed by atoms with Crippen molar-refractivity contribution >= 4 is 5.97 Å². The number of rotatable bonds is 7. The third kappa shape index (κ3) is 5.50. The molecule has 102 valence electrons. The first kappa shape index (κ1) is 15.0. The first-order valence-corrected chi connectivity index (χ1v) is 6.55. The molecule has 1 N–H and O–H groups in total. The van der Waals surface area contributed by atoms with Gasteiger partial charge in [0.05, 0.1) is 11.7 Å². The maximum absolute atomic E-state index is 10.4. The monoisotopic (exact) mass is 252 g/mol. The Kier molecular flexibility index (Phi) is 5.15. The minimum Gasteiger partial charge on any atom is -0.478 e. The van der Waals surface area contributed by atoms with Crippen LogP contribution < -0.4 is 0 Å². The molecule has 0 saturated carbocycles. The number of allylic oxidation sites excluding steroid dienone is 3. The van der Waals surface area contributed by atoms with Crippen LogP contribution in [0.1, 0.15) is 53.4 Å². The Morgan fingerprint density at radius 1 is 1.28 bits per heavy atom. The number of carboxylic acid groups (broad SMARTS) is 1. The molecular formula is C15H24O3. The van der Waals surface area contributed by atoms with Gasteiger partial charge in [-0.05, 0) is 53.4 Å². The van der Waals surface area contributed by atoms with Crippen LogP contribution in [0.15, 0.2) is 23.3 Å². The van der Waals surface area contributed by atoms with Gasteiger partial charge >= 0.3 is 5.97 Å². The van der Waals surface area contributed by atoms with Gasteiger partial charge in [0.2, 0.25) is 0 Å². The van der Waals surface area contributed by atoms with Gasteiger partial charge in [0.15, 0.2) is 0 Å². The van der Waals surface area contributed by atoms with Gasteiger partial charge in [-0.2, -0.15) is 0 Å². The summed E-state index contributed by atoms with van der Waals surface area (Å²) in [7, 11) is 0. The zero-order valence-corrected chi connectivity index (χ0v) is 11.8. The Balaban J connectivity index is 2.20. The molecular weight excluding hydrogens is 228 g/mol. The smallest absolute Gasteiger partial charge is 0.328 e. The third-order valence-electron chi connectivity index (χ3n) is 3.37. The van der Waals surface area contributed by atoms with Crippen molar-refractivity contribution in [2.24, 2.45) is 0 Å². The van der Waals surface area contributed by atoms with E-state index < -0.39 is 5.97 Å². The molecule has 1 aliphatic heterocycles. The van der Waals surface area contributed by atoms with Gasteiger partial charge < -0.3 is 9.84 Å². The normalized spacial score (nSPS) is 23.0. The summed E-state index contributed by atoms with van der Waals surface area (Å²) in [6, 6.07) is 0. The SMILES string of the molecule is C/C(=C\C(=O)O)CC/C=C(\C)CCC1OC1(C)C. The van der Waals surface area contributed by atoms with Crippen molar-refractivity contribution in [2.75, 3.05) is 0 Å². The van der Waals surface area contributed by atoms with Gasteiger partial charge in [0.1, 0.15) is 0 Å². The largest absolute Gasteiger partial charge is 0.478 e. The van der Waals surface area contributed by atoms with E-state index in [4.69, 9.17) is 9.84 Å². The Labute approximate surface area is 110 Å². The molecule has 0 bridgehead atoms. The zero-order valence-electron chi connectivity index (χ0n) is 11.8. The molecule has 1 aliphatic rings. The van der Waals surface area contributed by atoms with E-state index >= 15 is 0 Å². The molecule has 1 saturated heterocycles. The van der Waals surface area contributed by atoms with E-state index in [1.165, 1.54) is 11.6 Å². The van der Waals surface area contributed by atoms with Crippen LogP contribution in [-0.4, -0.2) is 22.8 Å². The molecule has 1 fully saturated rings. The molecule has 0 spiro atoms. The van der Waals surface area contributed by atoms with Gasteiger partial charge in [-0.15, -0.1) is 0 Å². The third-order valence-corrected chi connectivity index (χ3v) is 3.37. The molecule has 3 heteroatoms. The fraction of sp³-hybridized carbons (Fsp3) is 0.667. The molecule has 0 aromatic rings. The lowest BCUT2D eigenvalue weighted by atomic mass is 10.0. The summed E-state index contributed by atoms with van der Waals surface area (Å²) in [5, 5.41) is 8.59. The number of ether oxygens (including phenoxy) is 1. The predicted molar refractivity (Wildman–Crippen MR) is 72.6 cm³/mol. The molecule has 18 heavy (non-hydrogen) atoms. The van der Waals surface area contributed by atoms with E-state index in [-0.39, 0.29) is 5.60 Å². The predicted octanol–water partition coefficient (Wildman–Crippen LogP) is 3.70. The van der Waals surface area contributed by atoms with E-state index in [9.17, 15) is 4.79 Å². The minimum absolute atomic E-state index is 0.0844. The van der Waals surface area contributed by atoms with Crippen molar-refractivity contribution in [1.29, 1.82) is 0 Å². The second kappa shape index (κ2) is 6.19. The van der Waals surface area contributed by atoms with Crippen molar-refractivity contribution in [3.05, 3.63) is 23.3 Å². The number of hydrogen-bond donors (Lipinski definition) is 1. The Morgan fingerprint density at radius 3 is 2.39 bits per heavy atom. The summed E-state index contributed by atoms with van der Waals surface area (Å²) in [5.74, 6) is -0.860. The van der Waals surface area contributed by atoms with Crippen molar-refractivity contribution in [3.8, 4) is 0 Å². The van der Waals surface area contributed by atoms with E-state index in [2.05, 4.69) is 26.8 Å². The first-order valence-electron chi connectivity index (χ1n) is 6.55. The van der Waals surface area contributed by atoms with E-state index in [1.807, 2.05) is 6.92 Å². The van der Waals surface area contributed by atoms with Gasteiger partial charge in [-0.25, -0.2) is 4.79 Å². The number of epoxide rings is 1. The van der Waals surface area contributed by atoms with Crippen LogP contribution in [0, 0.1) is 0 Å². The quantitative estimate of drug-likeness (QED) is 0.427. The summed E-state index contributed by atoms with van der Waals surface area (Å²) in [6.45, 7) is 8.23. The van der Waals surface area contributed by atoms with Crippen LogP contribution in [0.4, 0.5) is 0 Å². The fourth-order valence-electron chi connectivity index (χ4n) is 2.03. The van der Waals surface area contributed by atoms with Gasteiger partial charge in [0.25, 0.3) is 0 Å². The Morgan fingerprint density at radius 2 is 1.89 bits per heavy atom. The lowest BCUT2D eigenvalue weighted by Crippen LogP contribution is -2.02. The second-order valence-electron chi connectivity index (χ2n) is 5.67. The summed E-state index contributed by atoms with van der Waals surface area (Å²) < 4.78 is 5.54. The lowest BCUT2D eigenvalue weighted by Gasteiger charge is -2.01. The van der Waals surface area contributed by atoms with Crippen molar-refractivity contribution in [2.45, 2.75) is 65.1 Å². The highest BCUT2D eigenvalue weighted by Crippen LogP contribution is 2.38. The lowest BCUT2D eigenvalue weighted by molar-refractivity contribution is -0.131. The number of carbonyl (C=O) groups is 1. The molecule has 1 unspecified atom stereocenters. The molecule has 3 nitrogen and oxygen atoms in total. The van der Waals surface area contributed by atoms with Crippen molar-refractivity contribution in [1.82, 2.24) is 0 Å². The van der Waals surface area contributed by atoms with E-state index in [1.54, 1.807) is 0 Å². The number of hydrogen-bond acceptors (Lipinski definition) is 2. The molecule has 0 radical (unpaired) electrons. The number of aliphatic carboxylic acids is 1. The van der Waals surface area contributed by atoms with Crippen molar-refractivity contribution < 1.29 is 14.6 Å². The molecule has 0 aromatic carbocycles. The van der Waals surface area contributed by atoms with E-state index in [0.717, 1.165) is 31.3 Å². The highest BCUT2D eigenvalue weighted by molar-refractivity contribution is 5.80.